The van der Waals surface area contributed by atoms with Gasteiger partial charge in [-0.3, -0.25) is 4.79 Å². The Balaban J connectivity index is 2.48. The van der Waals surface area contributed by atoms with Gasteiger partial charge in [0.1, 0.15) is 0 Å². The van der Waals surface area contributed by atoms with Gasteiger partial charge in [0.15, 0.2) is 11.5 Å². The van der Waals surface area contributed by atoms with Crippen LogP contribution in [0.15, 0.2) is 30.4 Å². The number of allylic oxidation sites excluding steroid dienone is 1. The van der Waals surface area contributed by atoms with Crippen LogP contribution in [0.5, 0.6) is 11.5 Å². The van der Waals surface area contributed by atoms with E-state index in [4.69, 9.17) is 4.74 Å². The zero-order chi connectivity index (χ0) is 13.4. The molecule has 1 rings (SSSR count). The van der Waals surface area contributed by atoms with Gasteiger partial charge in [-0.2, -0.15) is 0 Å². The molecule has 0 saturated heterocycles. The number of carbonyl (C=O) groups is 1. The Morgan fingerprint density at radius 1 is 1.44 bits per heavy atom. The molecule has 0 spiro atoms. The molecular weight excluding hydrogens is 230 g/mol. The number of amides is 1. The number of ether oxygens (including phenoxy) is 1. The maximum atomic E-state index is 11.5. The number of phenolic OH excluding ortho intramolecular Hbond substituents is 1. The van der Waals surface area contributed by atoms with E-state index in [1.54, 1.807) is 18.2 Å². The van der Waals surface area contributed by atoms with Crippen LogP contribution in [0.4, 0.5) is 0 Å². The first-order chi connectivity index (χ1) is 8.67. The second-order valence-corrected chi connectivity index (χ2v) is 3.87. The summed E-state index contributed by atoms with van der Waals surface area (Å²) in [5.74, 6) is 0.484. The van der Waals surface area contributed by atoms with Crippen LogP contribution < -0.4 is 10.1 Å². The lowest BCUT2D eigenvalue weighted by Gasteiger charge is -2.07. The predicted molar refractivity (Wildman–Crippen MR) is 70.6 cm³/mol. The number of benzene rings is 1. The number of methoxy groups -OCH3 is 1. The average Bonchev–Trinajstić information content (AvgIpc) is 2.38. The Morgan fingerprint density at radius 2 is 2.22 bits per heavy atom. The first kappa shape index (κ1) is 14.1. The molecule has 1 aromatic carbocycles. The summed E-state index contributed by atoms with van der Waals surface area (Å²) >= 11 is 0. The van der Waals surface area contributed by atoms with E-state index in [0.29, 0.717) is 18.7 Å². The van der Waals surface area contributed by atoms with Gasteiger partial charge in [0.05, 0.1) is 7.11 Å². The van der Waals surface area contributed by atoms with E-state index in [2.05, 4.69) is 5.32 Å². The van der Waals surface area contributed by atoms with Gasteiger partial charge in [0.25, 0.3) is 0 Å². The third-order valence-corrected chi connectivity index (χ3v) is 2.44. The number of phenols is 1. The minimum absolute atomic E-state index is 0.0215. The highest BCUT2D eigenvalue weighted by Crippen LogP contribution is 2.26. The molecule has 0 fully saturated rings. The minimum Gasteiger partial charge on any atom is -0.504 e. The van der Waals surface area contributed by atoms with Crippen LogP contribution in [0.2, 0.25) is 0 Å². The van der Waals surface area contributed by atoms with Crippen molar-refractivity contribution in [2.45, 2.75) is 26.3 Å². The summed E-state index contributed by atoms with van der Waals surface area (Å²) < 4.78 is 5.00. The van der Waals surface area contributed by atoms with Crippen molar-refractivity contribution in [3.8, 4) is 11.5 Å². The molecule has 0 aromatic heterocycles. The van der Waals surface area contributed by atoms with Crippen molar-refractivity contribution in [3.63, 3.8) is 0 Å². The van der Waals surface area contributed by atoms with Gasteiger partial charge >= 0.3 is 0 Å². The number of aromatic hydroxyl groups is 1. The standard InChI is InChI=1S/C14H19NO3/c1-3-4-5-6-14(17)15-10-11-7-8-12(16)13(9-11)18-2/h4-5,7-9,16H,3,6,10H2,1-2H3,(H,15,17). The molecule has 0 aliphatic heterocycles. The van der Waals surface area contributed by atoms with Crippen LogP contribution in [-0.2, 0) is 11.3 Å². The molecule has 0 heterocycles. The molecule has 0 saturated carbocycles. The zero-order valence-electron chi connectivity index (χ0n) is 10.8. The number of carbonyl (C=O) groups excluding carboxylic acids is 1. The van der Waals surface area contributed by atoms with Gasteiger partial charge in [-0.05, 0) is 24.1 Å². The molecule has 0 bridgehead atoms. The fourth-order valence-electron chi connectivity index (χ4n) is 1.46. The monoisotopic (exact) mass is 249 g/mol. The largest absolute Gasteiger partial charge is 0.504 e. The van der Waals surface area contributed by atoms with Crippen molar-refractivity contribution in [2.75, 3.05) is 7.11 Å². The maximum absolute atomic E-state index is 11.5. The Hall–Kier alpha value is -1.97. The Bertz CT molecular complexity index is 427. The lowest BCUT2D eigenvalue weighted by Crippen LogP contribution is -2.21. The fourth-order valence-corrected chi connectivity index (χ4v) is 1.46. The van der Waals surface area contributed by atoms with Crippen molar-refractivity contribution < 1.29 is 14.6 Å². The summed E-state index contributed by atoms with van der Waals surface area (Å²) in [6, 6.07) is 5.01. The van der Waals surface area contributed by atoms with Crippen molar-refractivity contribution in [3.05, 3.63) is 35.9 Å². The molecular formula is C14H19NO3. The average molecular weight is 249 g/mol. The topological polar surface area (TPSA) is 58.6 Å². The third kappa shape index (κ3) is 4.49. The second-order valence-electron chi connectivity index (χ2n) is 3.87. The molecule has 0 aliphatic carbocycles. The van der Waals surface area contributed by atoms with Gasteiger partial charge in [-0.1, -0.05) is 25.1 Å². The van der Waals surface area contributed by atoms with E-state index in [-0.39, 0.29) is 11.7 Å². The molecule has 0 unspecified atom stereocenters. The van der Waals surface area contributed by atoms with Crippen LogP contribution in [0.3, 0.4) is 0 Å². The summed E-state index contributed by atoms with van der Waals surface area (Å²) in [7, 11) is 1.49. The van der Waals surface area contributed by atoms with Crippen LogP contribution >= 0.6 is 0 Å². The van der Waals surface area contributed by atoms with Crippen LogP contribution in [-0.4, -0.2) is 18.1 Å². The van der Waals surface area contributed by atoms with E-state index in [9.17, 15) is 9.90 Å². The predicted octanol–water partition coefficient (Wildman–Crippen LogP) is 2.37. The Kier molecular flexibility index (Phi) is 5.77. The van der Waals surface area contributed by atoms with E-state index in [0.717, 1.165) is 12.0 Å². The summed E-state index contributed by atoms with van der Waals surface area (Å²) in [4.78, 5) is 11.5. The van der Waals surface area contributed by atoms with Gasteiger partial charge in [0, 0.05) is 13.0 Å². The molecule has 98 valence electrons. The summed E-state index contributed by atoms with van der Waals surface area (Å²) in [6.07, 6.45) is 5.14. The summed E-state index contributed by atoms with van der Waals surface area (Å²) in [5.41, 5.74) is 0.887. The number of nitrogens with one attached hydrogen (secondary N) is 1. The number of rotatable bonds is 6. The number of hydrogen-bond acceptors (Lipinski definition) is 3. The van der Waals surface area contributed by atoms with E-state index in [1.165, 1.54) is 7.11 Å². The first-order valence-corrected chi connectivity index (χ1v) is 5.95. The van der Waals surface area contributed by atoms with Crippen LogP contribution in [0, 0.1) is 0 Å². The van der Waals surface area contributed by atoms with Gasteiger partial charge in [0.2, 0.25) is 5.91 Å². The Labute approximate surface area is 107 Å². The molecule has 4 nitrogen and oxygen atoms in total. The van der Waals surface area contributed by atoms with E-state index >= 15 is 0 Å². The van der Waals surface area contributed by atoms with Crippen molar-refractivity contribution in [1.29, 1.82) is 0 Å². The van der Waals surface area contributed by atoms with E-state index in [1.807, 2.05) is 19.1 Å². The Morgan fingerprint density at radius 3 is 2.89 bits per heavy atom. The van der Waals surface area contributed by atoms with Gasteiger partial charge in [-0.15, -0.1) is 0 Å². The molecule has 1 aromatic rings. The molecule has 0 aliphatic rings. The second kappa shape index (κ2) is 7.37. The molecule has 18 heavy (non-hydrogen) atoms. The van der Waals surface area contributed by atoms with Crippen molar-refractivity contribution in [1.82, 2.24) is 5.32 Å². The van der Waals surface area contributed by atoms with Crippen LogP contribution in [0.25, 0.3) is 0 Å². The SMILES string of the molecule is CCC=CCC(=O)NCc1ccc(O)c(OC)c1. The molecule has 0 radical (unpaired) electrons. The quantitative estimate of drug-likeness (QED) is 0.761. The van der Waals surface area contributed by atoms with Crippen molar-refractivity contribution >= 4 is 5.91 Å². The lowest BCUT2D eigenvalue weighted by molar-refractivity contribution is -0.120. The highest BCUT2D eigenvalue weighted by atomic mass is 16.5. The third-order valence-electron chi connectivity index (χ3n) is 2.44. The highest BCUT2D eigenvalue weighted by molar-refractivity contribution is 5.77. The molecule has 0 atom stereocenters. The smallest absolute Gasteiger partial charge is 0.224 e. The minimum atomic E-state index is -0.0215. The van der Waals surface area contributed by atoms with Crippen molar-refractivity contribution in [2.24, 2.45) is 0 Å². The number of hydrogen-bond donors (Lipinski definition) is 2. The fraction of sp³-hybridized carbons (Fsp3) is 0.357. The molecule has 4 heteroatoms. The first-order valence-electron chi connectivity index (χ1n) is 5.95. The summed E-state index contributed by atoms with van der Waals surface area (Å²) in [6.45, 7) is 2.45. The molecule has 1 amide bonds. The normalized spacial score (nSPS) is 10.6. The summed E-state index contributed by atoms with van der Waals surface area (Å²) in [5, 5.41) is 12.2. The highest BCUT2D eigenvalue weighted by Gasteiger charge is 2.03. The van der Waals surface area contributed by atoms with Gasteiger partial charge < -0.3 is 15.2 Å². The zero-order valence-corrected chi connectivity index (χ0v) is 10.8. The van der Waals surface area contributed by atoms with E-state index < -0.39 is 0 Å². The van der Waals surface area contributed by atoms with Gasteiger partial charge in [-0.25, -0.2) is 0 Å². The lowest BCUT2D eigenvalue weighted by atomic mass is 10.2. The maximum Gasteiger partial charge on any atom is 0.224 e. The molecule has 2 N–H and O–H groups in total. The van der Waals surface area contributed by atoms with Crippen LogP contribution in [0.1, 0.15) is 25.3 Å².